The van der Waals surface area contributed by atoms with Crippen molar-refractivity contribution in [3.05, 3.63) is 0 Å². The fraction of sp³-hybridized carbons (Fsp3) is 0.750. The first kappa shape index (κ1) is 13.0. The molecular formula is C12H21NO. The van der Waals surface area contributed by atoms with Gasteiger partial charge in [-0.2, -0.15) is 0 Å². The highest BCUT2D eigenvalue weighted by Gasteiger charge is 2.22. The number of rotatable bonds is 4. The second kappa shape index (κ2) is 5.70. The number of carbonyl (C=O) groups is 1. The molecule has 0 rings (SSSR count). The molecule has 0 spiro atoms. The van der Waals surface area contributed by atoms with Crippen LogP contribution in [-0.2, 0) is 4.79 Å². The van der Waals surface area contributed by atoms with Gasteiger partial charge in [0.25, 0.3) is 0 Å². The number of hydrogen-bond acceptors (Lipinski definition) is 1. The Morgan fingerprint density at radius 1 is 1.50 bits per heavy atom. The maximum atomic E-state index is 11.4. The Hall–Kier alpha value is -0.970. The van der Waals surface area contributed by atoms with Crippen LogP contribution in [0, 0.1) is 23.7 Å². The summed E-state index contributed by atoms with van der Waals surface area (Å²) >= 11 is 0. The Bertz CT molecular complexity index is 219. The van der Waals surface area contributed by atoms with Crippen molar-refractivity contribution in [2.24, 2.45) is 11.3 Å². The van der Waals surface area contributed by atoms with Gasteiger partial charge < -0.3 is 5.32 Å². The van der Waals surface area contributed by atoms with E-state index in [9.17, 15) is 4.79 Å². The van der Waals surface area contributed by atoms with E-state index in [2.05, 4.69) is 38.9 Å². The number of nitrogens with one attached hydrogen (secondary N) is 1. The van der Waals surface area contributed by atoms with Crippen LogP contribution in [0.25, 0.3) is 0 Å². The molecule has 80 valence electrons. The fourth-order valence-corrected chi connectivity index (χ4v) is 0.931. The highest BCUT2D eigenvalue weighted by Crippen LogP contribution is 2.27. The van der Waals surface area contributed by atoms with Gasteiger partial charge in [0.05, 0.1) is 0 Å². The van der Waals surface area contributed by atoms with Gasteiger partial charge in [-0.05, 0) is 11.3 Å². The molecule has 2 heteroatoms. The van der Waals surface area contributed by atoms with E-state index in [0.29, 0.717) is 25.3 Å². The quantitative estimate of drug-likeness (QED) is 0.541. The molecule has 14 heavy (non-hydrogen) atoms. The van der Waals surface area contributed by atoms with Crippen molar-refractivity contribution in [1.29, 1.82) is 0 Å². The molecule has 0 aromatic heterocycles. The highest BCUT2D eigenvalue weighted by molar-refractivity contribution is 5.76. The van der Waals surface area contributed by atoms with Crippen LogP contribution in [0.2, 0.25) is 0 Å². The van der Waals surface area contributed by atoms with E-state index in [1.807, 2.05) is 0 Å². The molecule has 0 aromatic rings. The Balaban J connectivity index is 3.79. The zero-order chi connectivity index (χ0) is 11.2. The second-order valence-corrected chi connectivity index (χ2v) is 4.78. The molecule has 0 aliphatic heterocycles. The van der Waals surface area contributed by atoms with Crippen molar-refractivity contribution in [1.82, 2.24) is 5.32 Å². The average Bonchev–Trinajstić information content (AvgIpc) is 2.03. The lowest BCUT2D eigenvalue weighted by Crippen LogP contribution is -2.29. The van der Waals surface area contributed by atoms with Crippen molar-refractivity contribution >= 4 is 5.91 Å². The minimum absolute atomic E-state index is 0.0997. The molecule has 0 aliphatic carbocycles. The van der Waals surface area contributed by atoms with Crippen LogP contribution in [-0.4, -0.2) is 12.5 Å². The molecule has 1 atom stereocenters. The first-order valence-electron chi connectivity index (χ1n) is 5.08. The monoisotopic (exact) mass is 195 g/mol. The molecule has 1 amide bonds. The zero-order valence-corrected chi connectivity index (χ0v) is 9.68. The van der Waals surface area contributed by atoms with Crippen LogP contribution < -0.4 is 5.32 Å². The van der Waals surface area contributed by atoms with Crippen molar-refractivity contribution in [2.45, 2.75) is 40.5 Å². The third-order valence-electron chi connectivity index (χ3n) is 2.56. The smallest absolute Gasteiger partial charge is 0.220 e. The van der Waals surface area contributed by atoms with Gasteiger partial charge in [0.15, 0.2) is 0 Å². The first-order valence-corrected chi connectivity index (χ1v) is 5.08. The Morgan fingerprint density at radius 3 is 2.50 bits per heavy atom. The number of amides is 1. The van der Waals surface area contributed by atoms with Gasteiger partial charge in [0, 0.05) is 19.4 Å². The molecular weight excluding hydrogens is 174 g/mol. The predicted molar refractivity (Wildman–Crippen MR) is 59.7 cm³/mol. The Kier molecular flexibility index (Phi) is 5.30. The summed E-state index contributed by atoms with van der Waals surface area (Å²) in [7, 11) is 0. The normalized spacial score (nSPS) is 13.1. The summed E-state index contributed by atoms with van der Waals surface area (Å²) in [5, 5.41) is 2.81. The topological polar surface area (TPSA) is 29.1 Å². The number of terminal acetylenes is 1. The summed E-state index contributed by atoms with van der Waals surface area (Å²) in [5.41, 5.74) is 0.184. The summed E-state index contributed by atoms with van der Waals surface area (Å²) < 4.78 is 0. The van der Waals surface area contributed by atoms with Crippen LogP contribution in [0.5, 0.6) is 0 Å². The fourth-order valence-electron chi connectivity index (χ4n) is 0.931. The predicted octanol–water partition coefficient (Wildman–Crippen LogP) is 2.20. The van der Waals surface area contributed by atoms with Crippen LogP contribution in [0.1, 0.15) is 40.5 Å². The van der Waals surface area contributed by atoms with E-state index in [1.165, 1.54) is 0 Å². The third-order valence-corrected chi connectivity index (χ3v) is 2.56. The van der Waals surface area contributed by atoms with Crippen molar-refractivity contribution < 1.29 is 4.79 Å². The van der Waals surface area contributed by atoms with Crippen LogP contribution in [0.3, 0.4) is 0 Å². The number of carbonyl (C=O) groups excluding carboxylic acids is 1. The maximum absolute atomic E-state index is 11.4. The minimum atomic E-state index is 0.0997. The van der Waals surface area contributed by atoms with Gasteiger partial charge in [0.1, 0.15) is 0 Å². The van der Waals surface area contributed by atoms with Crippen molar-refractivity contribution in [3.63, 3.8) is 0 Å². The van der Waals surface area contributed by atoms with E-state index in [0.717, 1.165) is 0 Å². The Morgan fingerprint density at radius 2 is 2.07 bits per heavy atom. The molecule has 1 N–H and O–H groups in total. The van der Waals surface area contributed by atoms with E-state index in [1.54, 1.807) is 0 Å². The molecule has 2 nitrogen and oxygen atoms in total. The molecule has 0 aromatic carbocycles. The van der Waals surface area contributed by atoms with Gasteiger partial charge in [0.2, 0.25) is 5.91 Å². The minimum Gasteiger partial charge on any atom is -0.355 e. The van der Waals surface area contributed by atoms with Gasteiger partial charge in [-0.15, -0.1) is 12.3 Å². The summed E-state index contributed by atoms with van der Waals surface area (Å²) in [4.78, 5) is 11.4. The van der Waals surface area contributed by atoms with E-state index in [4.69, 9.17) is 6.42 Å². The largest absolute Gasteiger partial charge is 0.355 e. The lowest BCUT2D eigenvalue weighted by Gasteiger charge is -2.26. The van der Waals surface area contributed by atoms with Crippen LogP contribution in [0.4, 0.5) is 0 Å². The number of hydrogen-bond donors (Lipinski definition) is 1. The third kappa shape index (κ3) is 5.64. The average molecular weight is 195 g/mol. The molecule has 1 unspecified atom stereocenters. The molecule has 0 saturated carbocycles. The van der Waals surface area contributed by atoms with Crippen LogP contribution >= 0.6 is 0 Å². The van der Waals surface area contributed by atoms with E-state index in [-0.39, 0.29) is 11.3 Å². The summed E-state index contributed by atoms with van der Waals surface area (Å²) in [6, 6.07) is 0. The molecule has 0 saturated heterocycles. The highest BCUT2D eigenvalue weighted by atomic mass is 16.1. The van der Waals surface area contributed by atoms with Gasteiger partial charge in [-0.1, -0.05) is 27.7 Å². The standard InChI is InChI=1S/C12H21NO/c1-6-7-8-13-11(14)9-10(2)12(3,4)5/h1,10H,7-9H2,2-5H3,(H,13,14). The van der Waals surface area contributed by atoms with Crippen LogP contribution in [0.15, 0.2) is 0 Å². The molecule has 0 aliphatic rings. The second-order valence-electron chi connectivity index (χ2n) is 4.78. The van der Waals surface area contributed by atoms with E-state index >= 15 is 0 Å². The summed E-state index contributed by atoms with van der Waals surface area (Å²) in [6.45, 7) is 9.12. The Labute approximate surface area is 87.5 Å². The lowest BCUT2D eigenvalue weighted by molar-refractivity contribution is -0.122. The van der Waals surface area contributed by atoms with Crippen molar-refractivity contribution in [3.8, 4) is 12.3 Å². The lowest BCUT2D eigenvalue weighted by atomic mass is 9.80. The van der Waals surface area contributed by atoms with Gasteiger partial charge in [-0.25, -0.2) is 0 Å². The molecule has 0 heterocycles. The molecule has 0 fully saturated rings. The maximum Gasteiger partial charge on any atom is 0.220 e. The first-order chi connectivity index (χ1) is 6.38. The van der Waals surface area contributed by atoms with Gasteiger partial charge in [-0.3, -0.25) is 4.79 Å². The van der Waals surface area contributed by atoms with Crippen molar-refractivity contribution in [2.75, 3.05) is 6.54 Å². The molecule has 0 bridgehead atoms. The van der Waals surface area contributed by atoms with Gasteiger partial charge >= 0.3 is 0 Å². The SMILES string of the molecule is C#CCCNC(=O)CC(C)C(C)(C)C. The summed E-state index contributed by atoms with van der Waals surface area (Å²) in [5.74, 6) is 2.97. The van der Waals surface area contributed by atoms with E-state index < -0.39 is 0 Å². The summed E-state index contributed by atoms with van der Waals surface area (Å²) in [6.07, 6.45) is 6.27. The molecule has 0 radical (unpaired) electrons. The zero-order valence-electron chi connectivity index (χ0n) is 9.68.